The first-order chi connectivity index (χ1) is 16.6. The van der Waals surface area contributed by atoms with Crippen molar-refractivity contribution >= 4 is 48.7 Å². The number of anilines is 2. The molecule has 0 spiro atoms. The van der Waals surface area contributed by atoms with Crippen LogP contribution in [-0.4, -0.2) is 40.1 Å². The standard InChI is InChI=1S/C24H27N3O5S3/c1-17-5-10-22(18(2)16-17)26-34(29,30)21-8-6-20(7-9-21)25-24(28)19-11-13-27(14-12-19)35(31,32)23-4-3-15-33-23/h3-10,15-16,19,26H,11-14H2,1-2H3,(H,25,28). The number of carbonyl (C=O) groups excluding carboxylic acids is 1. The van der Waals surface area contributed by atoms with Crippen LogP contribution in [0.5, 0.6) is 0 Å². The second-order valence-electron chi connectivity index (χ2n) is 8.55. The molecule has 2 N–H and O–H groups in total. The van der Waals surface area contributed by atoms with Crippen LogP contribution in [0.25, 0.3) is 0 Å². The van der Waals surface area contributed by atoms with E-state index in [1.165, 1.54) is 27.8 Å². The molecular formula is C24H27N3O5S3. The van der Waals surface area contributed by atoms with E-state index in [1.807, 2.05) is 26.0 Å². The van der Waals surface area contributed by atoms with E-state index in [2.05, 4.69) is 10.0 Å². The zero-order valence-corrected chi connectivity index (χ0v) is 21.8. The van der Waals surface area contributed by atoms with Crippen LogP contribution in [0, 0.1) is 19.8 Å². The molecule has 1 aliphatic heterocycles. The number of piperidine rings is 1. The van der Waals surface area contributed by atoms with E-state index in [0.29, 0.717) is 28.4 Å². The third-order valence-corrected chi connectivity index (χ3v) is 10.6. The maximum absolute atomic E-state index is 12.8. The minimum absolute atomic E-state index is 0.0857. The number of hydrogen-bond acceptors (Lipinski definition) is 6. The van der Waals surface area contributed by atoms with Gasteiger partial charge in [-0.2, -0.15) is 4.31 Å². The van der Waals surface area contributed by atoms with Gasteiger partial charge in [0.25, 0.3) is 20.0 Å². The first-order valence-electron chi connectivity index (χ1n) is 11.1. The third-order valence-electron chi connectivity index (χ3n) is 5.97. The van der Waals surface area contributed by atoms with Gasteiger partial charge < -0.3 is 5.32 Å². The predicted octanol–water partition coefficient (Wildman–Crippen LogP) is 4.21. The van der Waals surface area contributed by atoms with Gasteiger partial charge in [0.15, 0.2) is 0 Å². The average molecular weight is 534 g/mol. The van der Waals surface area contributed by atoms with E-state index in [9.17, 15) is 21.6 Å². The Morgan fingerprint density at radius 2 is 1.66 bits per heavy atom. The van der Waals surface area contributed by atoms with Crippen LogP contribution >= 0.6 is 11.3 Å². The number of sulfonamides is 2. The average Bonchev–Trinajstić information content (AvgIpc) is 3.37. The molecular weight excluding hydrogens is 506 g/mol. The van der Waals surface area contributed by atoms with Crippen molar-refractivity contribution in [3.8, 4) is 0 Å². The first-order valence-corrected chi connectivity index (χ1v) is 14.9. The van der Waals surface area contributed by atoms with Gasteiger partial charge in [-0.25, -0.2) is 16.8 Å². The highest BCUT2D eigenvalue weighted by atomic mass is 32.2. The Balaban J connectivity index is 1.35. The molecule has 1 saturated heterocycles. The van der Waals surface area contributed by atoms with Crippen molar-refractivity contribution < 1.29 is 21.6 Å². The van der Waals surface area contributed by atoms with Crippen LogP contribution in [0.4, 0.5) is 11.4 Å². The molecule has 1 amide bonds. The van der Waals surface area contributed by atoms with Crippen molar-refractivity contribution in [3.63, 3.8) is 0 Å². The molecule has 0 atom stereocenters. The second kappa shape index (κ2) is 10.1. The van der Waals surface area contributed by atoms with Crippen molar-refractivity contribution in [1.82, 2.24) is 4.31 Å². The van der Waals surface area contributed by atoms with Gasteiger partial charge in [-0.3, -0.25) is 9.52 Å². The number of nitrogens with zero attached hydrogens (tertiary/aromatic N) is 1. The second-order valence-corrected chi connectivity index (χ2v) is 13.3. The summed E-state index contributed by atoms with van der Waals surface area (Å²) in [5.41, 5.74) is 2.86. The summed E-state index contributed by atoms with van der Waals surface area (Å²) in [5.74, 6) is -0.526. The predicted molar refractivity (Wildman–Crippen MR) is 138 cm³/mol. The topological polar surface area (TPSA) is 113 Å². The Hall–Kier alpha value is -2.73. The van der Waals surface area contributed by atoms with Crippen molar-refractivity contribution in [2.45, 2.75) is 35.8 Å². The fourth-order valence-corrected chi connectivity index (χ4v) is 7.73. The lowest BCUT2D eigenvalue weighted by Gasteiger charge is -2.30. The highest BCUT2D eigenvalue weighted by molar-refractivity contribution is 7.92. The molecule has 0 aliphatic carbocycles. The molecule has 0 radical (unpaired) electrons. The third kappa shape index (κ3) is 5.75. The van der Waals surface area contributed by atoms with Gasteiger partial charge in [-0.05, 0) is 74.0 Å². The summed E-state index contributed by atoms with van der Waals surface area (Å²) in [6.07, 6.45) is 0.839. The minimum Gasteiger partial charge on any atom is -0.326 e. The number of aryl methyl sites for hydroxylation is 2. The number of amides is 1. The molecule has 35 heavy (non-hydrogen) atoms. The fourth-order valence-electron chi connectivity index (χ4n) is 3.99. The molecule has 0 bridgehead atoms. The molecule has 2 heterocycles. The number of thiophene rings is 1. The van der Waals surface area contributed by atoms with Gasteiger partial charge in [0.05, 0.1) is 10.6 Å². The van der Waals surface area contributed by atoms with Crippen molar-refractivity contribution in [2.24, 2.45) is 5.92 Å². The van der Waals surface area contributed by atoms with Crippen LogP contribution in [0.2, 0.25) is 0 Å². The lowest BCUT2D eigenvalue weighted by atomic mass is 9.97. The molecule has 1 fully saturated rings. The number of hydrogen-bond donors (Lipinski definition) is 2. The van der Waals surface area contributed by atoms with Crippen molar-refractivity contribution in [1.29, 1.82) is 0 Å². The molecule has 4 rings (SSSR count). The summed E-state index contributed by atoms with van der Waals surface area (Å²) in [4.78, 5) is 12.8. The molecule has 1 aliphatic rings. The van der Waals surface area contributed by atoms with Crippen LogP contribution in [0.3, 0.4) is 0 Å². The quantitative estimate of drug-likeness (QED) is 0.473. The summed E-state index contributed by atoms with van der Waals surface area (Å²) in [6, 6.07) is 14.7. The number of carbonyl (C=O) groups is 1. The van der Waals surface area contributed by atoms with Gasteiger partial charge in [-0.1, -0.05) is 23.8 Å². The molecule has 11 heteroatoms. The van der Waals surface area contributed by atoms with E-state index >= 15 is 0 Å². The number of rotatable bonds is 7. The van der Waals surface area contributed by atoms with Crippen molar-refractivity contribution in [2.75, 3.05) is 23.1 Å². The summed E-state index contributed by atoms with van der Waals surface area (Å²) in [7, 11) is -7.29. The largest absolute Gasteiger partial charge is 0.326 e. The maximum atomic E-state index is 12.8. The highest BCUT2D eigenvalue weighted by Gasteiger charge is 2.32. The van der Waals surface area contributed by atoms with E-state index in [1.54, 1.807) is 35.7 Å². The molecule has 8 nitrogen and oxygen atoms in total. The zero-order chi connectivity index (χ0) is 25.2. The van der Waals surface area contributed by atoms with Gasteiger partial charge in [0, 0.05) is 24.7 Å². The highest BCUT2D eigenvalue weighted by Crippen LogP contribution is 2.27. The van der Waals surface area contributed by atoms with Gasteiger partial charge >= 0.3 is 0 Å². The molecule has 0 unspecified atom stereocenters. The summed E-state index contributed by atoms with van der Waals surface area (Å²) in [6.45, 7) is 4.33. The van der Waals surface area contributed by atoms with Crippen LogP contribution in [0.15, 0.2) is 69.1 Å². The van der Waals surface area contributed by atoms with E-state index < -0.39 is 20.0 Å². The molecule has 0 saturated carbocycles. The molecule has 1 aromatic heterocycles. The van der Waals surface area contributed by atoms with Crippen LogP contribution in [0.1, 0.15) is 24.0 Å². The van der Waals surface area contributed by atoms with E-state index in [0.717, 1.165) is 11.1 Å². The Morgan fingerprint density at radius 3 is 2.26 bits per heavy atom. The SMILES string of the molecule is Cc1ccc(NS(=O)(=O)c2ccc(NC(=O)C3CCN(S(=O)(=O)c4cccs4)CC3)cc2)c(C)c1. The maximum Gasteiger partial charge on any atom is 0.261 e. The lowest BCUT2D eigenvalue weighted by molar-refractivity contribution is -0.120. The van der Waals surface area contributed by atoms with Crippen molar-refractivity contribution in [3.05, 3.63) is 71.1 Å². The molecule has 186 valence electrons. The van der Waals surface area contributed by atoms with Crippen LogP contribution < -0.4 is 10.0 Å². The number of nitrogens with one attached hydrogen (secondary N) is 2. The Bertz CT molecular complexity index is 1410. The number of benzene rings is 2. The Labute approximate surface area is 210 Å². The zero-order valence-electron chi connectivity index (χ0n) is 19.4. The monoisotopic (exact) mass is 533 g/mol. The fraction of sp³-hybridized carbons (Fsp3) is 0.292. The normalized spacial score (nSPS) is 15.6. The summed E-state index contributed by atoms with van der Waals surface area (Å²) >= 11 is 1.18. The molecule has 3 aromatic rings. The minimum atomic E-state index is -3.78. The van der Waals surface area contributed by atoms with Gasteiger partial charge in [0.2, 0.25) is 5.91 Å². The van der Waals surface area contributed by atoms with Gasteiger partial charge in [0.1, 0.15) is 4.21 Å². The Morgan fingerprint density at radius 1 is 0.971 bits per heavy atom. The van der Waals surface area contributed by atoms with Crippen LogP contribution in [-0.2, 0) is 24.8 Å². The summed E-state index contributed by atoms with van der Waals surface area (Å²) < 4.78 is 55.2. The van der Waals surface area contributed by atoms with Gasteiger partial charge in [-0.15, -0.1) is 11.3 Å². The Kier molecular flexibility index (Phi) is 7.32. The smallest absolute Gasteiger partial charge is 0.261 e. The van der Waals surface area contributed by atoms with E-state index in [-0.39, 0.29) is 29.8 Å². The van der Waals surface area contributed by atoms with E-state index in [4.69, 9.17) is 0 Å². The molecule has 2 aromatic carbocycles. The first kappa shape index (κ1) is 25.4. The summed E-state index contributed by atoms with van der Waals surface area (Å²) in [5, 5.41) is 4.54. The lowest BCUT2D eigenvalue weighted by Crippen LogP contribution is -2.41.